The van der Waals surface area contributed by atoms with E-state index in [0.717, 1.165) is 10.7 Å². The first-order valence-electron chi connectivity index (χ1n) is 9.54. The third kappa shape index (κ3) is 3.73. The van der Waals surface area contributed by atoms with Crippen LogP contribution in [0.4, 0.5) is 18.9 Å². The van der Waals surface area contributed by atoms with Crippen LogP contribution < -0.4 is 25.8 Å². The molecule has 2 heterocycles. The molecule has 0 aliphatic carbocycles. The summed E-state index contributed by atoms with van der Waals surface area (Å²) in [6.07, 6.45) is -4.12. The first kappa shape index (κ1) is 20.8. The molecule has 4 rings (SSSR count). The molecule has 0 atom stereocenters. The maximum absolute atomic E-state index is 13.7. The molecule has 0 amide bonds. The Balaban J connectivity index is 2.03. The Morgan fingerprint density at radius 3 is 2.39 bits per heavy atom. The third-order valence-corrected chi connectivity index (χ3v) is 5.18. The van der Waals surface area contributed by atoms with E-state index in [2.05, 4.69) is 10.4 Å². The van der Waals surface area contributed by atoms with Gasteiger partial charge in [-0.2, -0.15) is 23.0 Å². The zero-order chi connectivity index (χ0) is 22.3. The van der Waals surface area contributed by atoms with E-state index in [9.17, 15) is 18.0 Å². The number of rotatable bonds is 4. The number of fused-ring (bicyclic) bond motifs is 1. The topological polar surface area (TPSA) is 65.4 Å². The van der Waals surface area contributed by atoms with Gasteiger partial charge in [0.25, 0.3) is 5.56 Å². The van der Waals surface area contributed by atoms with Gasteiger partial charge < -0.3 is 14.8 Å². The third-order valence-electron chi connectivity index (χ3n) is 5.18. The van der Waals surface area contributed by atoms with E-state index in [1.165, 1.54) is 26.4 Å². The molecule has 0 saturated heterocycles. The van der Waals surface area contributed by atoms with Crippen molar-refractivity contribution in [2.75, 3.05) is 26.1 Å². The second-order valence-electron chi connectivity index (χ2n) is 7.22. The van der Waals surface area contributed by atoms with Crippen LogP contribution in [0.5, 0.6) is 11.5 Å². The van der Waals surface area contributed by atoms with Gasteiger partial charge in [-0.05, 0) is 30.7 Å². The van der Waals surface area contributed by atoms with Gasteiger partial charge in [-0.15, -0.1) is 0 Å². The predicted molar refractivity (Wildman–Crippen MR) is 114 cm³/mol. The molecule has 0 radical (unpaired) electrons. The molecule has 160 valence electrons. The van der Waals surface area contributed by atoms with Crippen molar-refractivity contribution in [1.82, 2.24) is 9.78 Å². The molecular weight excluding hydrogens is 410 g/mol. The maximum Gasteiger partial charge on any atom is 0.418 e. The minimum absolute atomic E-state index is 0.251. The zero-order valence-corrected chi connectivity index (χ0v) is 17.1. The number of nitrogens with zero attached hydrogens (tertiary/aromatic N) is 2. The fraction of sp³-hybridized carbons (Fsp3) is 0.238. The second kappa shape index (κ2) is 7.68. The Hall–Kier alpha value is -3.43. The molecule has 3 aromatic rings. The Morgan fingerprint density at radius 1 is 1.10 bits per heavy atom. The normalized spacial score (nSPS) is 12.9. The highest BCUT2D eigenvalue weighted by molar-refractivity contribution is 6.32. The van der Waals surface area contributed by atoms with Gasteiger partial charge in [-0.25, -0.2) is 0 Å². The first-order chi connectivity index (χ1) is 14.7. The van der Waals surface area contributed by atoms with Gasteiger partial charge in [-0.3, -0.25) is 4.79 Å². The number of nitrogens with one attached hydrogen (secondary N) is 1. The standard InChI is InChI=1S/C21H19BF3N3O3/c1-30-13-7-11(8-14(10-13)31-2)18-15-5-6-26-19(15)20(29)28(27-18)17-9-12(22)3-4-16(17)21(23,24)25/h3-4,7-10,26H,5-6,22H2,1-2H3. The number of hydrogen-bond donors (Lipinski definition) is 1. The van der Waals surface area contributed by atoms with Crippen molar-refractivity contribution in [3.05, 3.63) is 57.9 Å². The minimum atomic E-state index is -4.64. The number of anilines is 1. The fourth-order valence-corrected chi connectivity index (χ4v) is 3.69. The van der Waals surface area contributed by atoms with Gasteiger partial charge in [0.1, 0.15) is 25.0 Å². The summed E-state index contributed by atoms with van der Waals surface area (Å²) in [5.74, 6) is 1.00. The fourth-order valence-electron chi connectivity index (χ4n) is 3.69. The summed E-state index contributed by atoms with van der Waals surface area (Å²) in [6.45, 7) is 0.490. The molecule has 0 bridgehead atoms. The molecule has 6 nitrogen and oxygen atoms in total. The molecule has 0 fully saturated rings. The molecule has 1 aliphatic rings. The predicted octanol–water partition coefficient (Wildman–Crippen LogP) is 2.16. The molecule has 1 aliphatic heterocycles. The first-order valence-corrected chi connectivity index (χ1v) is 9.54. The van der Waals surface area contributed by atoms with Gasteiger partial charge in [-0.1, -0.05) is 11.5 Å². The number of aromatic nitrogens is 2. The van der Waals surface area contributed by atoms with Crippen molar-refractivity contribution in [3.8, 4) is 28.4 Å². The summed E-state index contributed by atoms with van der Waals surface area (Å²) in [6, 6.07) is 8.73. The summed E-state index contributed by atoms with van der Waals surface area (Å²) >= 11 is 0. The molecule has 0 spiro atoms. The minimum Gasteiger partial charge on any atom is -0.497 e. The molecular formula is C21H19BF3N3O3. The van der Waals surface area contributed by atoms with Crippen LogP contribution in [0, 0.1) is 0 Å². The van der Waals surface area contributed by atoms with Gasteiger partial charge in [0.2, 0.25) is 0 Å². The largest absolute Gasteiger partial charge is 0.497 e. The summed E-state index contributed by atoms with van der Waals surface area (Å²) in [5.41, 5.74) is 0.582. The Morgan fingerprint density at radius 2 is 1.77 bits per heavy atom. The smallest absolute Gasteiger partial charge is 0.418 e. The Bertz CT molecular complexity index is 1200. The van der Waals surface area contributed by atoms with Crippen LogP contribution in [0.15, 0.2) is 41.2 Å². The van der Waals surface area contributed by atoms with Crippen molar-refractivity contribution < 1.29 is 22.6 Å². The van der Waals surface area contributed by atoms with Crippen molar-refractivity contribution in [3.63, 3.8) is 0 Å². The van der Waals surface area contributed by atoms with Crippen LogP contribution in [0.2, 0.25) is 0 Å². The van der Waals surface area contributed by atoms with E-state index in [-0.39, 0.29) is 11.4 Å². The van der Waals surface area contributed by atoms with Crippen molar-refractivity contribution in [2.45, 2.75) is 12.6 Å². The highest BCUT2D eigenvalue weighted by Crippen LogP contribution is 2.36. The SMILES string of the molecule is Bc1ccc(C(F)(F)F)c(-n2nc(-c3cc(OC)cc(OC)c3)c3c(c2=O)NCC3)c1. The van der Waals surface area contributed by atoms with Gasteiger partial charge in [0.15, 0.2) is 0 Å². The molecule has 1 N–H and O–H groups in total. The van der Waals surface area contributed by atoms with Crippen LogP contribution in [0.1, 0.15) is 11.1 Å². The lowest BCUT2D eigenvalue weighted by Crippen LogP contribution is -2.28. The average molecular weight is 429 g/mol. The van der Waals surface area contributed by atoms with E-state index in [0.29, 0.717) is 46.7 Å². The number of halogens is 3. The lowest BCUT2D eigenvalue weighted by atomic mass is 9.94. The number of alkyl halides is 3. The maximum atomic E-state index is 13.7. The van der Waals surface area contributed by atoms with E-state index >= 15 is 0 Å². The van der Waals surface area contributed by atoms with Crippen LogP contribution >= 0.6 is 0 Å². The Labute approximate surface area is 177 Å². The average Bonchev–Trinajstić information content (AvgIpc) is 3.23. The zero-order valence-electron chi connectivity index (χ0n) is 17.1. The lowest BCUT2D eigenvalue weighted by molar-refractivity contribution is -0.137. The van der Waals surface area contributed by atoms with E-state index in [1.54, 1.807) is 26.0 Å². The molecule has 1 aromatic heterocycles. The number of benzene rings is 2. The summed E-state index contributed by atoms with van der Waals surface area (Å²) in [7, 11) is 4.66. The summed E-state index contributed by atoms with van der Waals surface area (Å²) in [5, 5.41) is 7.41. The van der Waals surface area contributed by atoms with Gasteiger partial charge >= 0.3 is 6.18 Å². The van der Waals surface area contributed by atoms with Crippen molar-refractivity contribution >= 4 is 19.0 Å². The molecule has 31 heavy (non-hydrogen) atoms. The summed E-state index contributed by atoms with van der Waals surface area (Å²) < 4.78 is 52.6. The van der Waals surface area contributed by atoms with E-state index in [1.807, 2.05) is 0 Å². The highest BCUT2D eigenvalue weighted by Gasteiger charge is 2.35. The van der Waals surface area contributed by atoms with Crippen LogP contribution in [0.3, 0.4) is 0 Å². The molecule has 10 heteroatoms. The number of ether oxygens (including phenoxy) is 2. The molecule has 2 aromatic carbocycles. The van der Waals surface area contributed by atoms with E-state index in [4.69, 9.17) is 9.47 Å². The molecule has 0 saturated carbocycles. The van der Waals surface area contributed by atoms with E-state index < -0.39 is 17.3 Å². The second-order valence-corrected chi connectivity index (χ2v) is 7.22. The molecule has 0 unspecified atom stereocenters. The highest BCUT2D eigenvalue weighted by atomic mass is 19.4. The van der Waals surface area contributed by atoms with Crippen LogP contribution in [-0.4, -0.2) is 38.4 Å². The van der Waals surface area contributed by atoms with Gasteiger partial charge in [0.05, 0.1) is 31.2 Å². The van der Waals surface area contributed by atoms with Gasteiger partial charge in [0, 0.05) is 23.7 Å². The number of hydrogen-bond acceptors (Lipinski definition) is 5. The summed E-state index contributed by atoms with van der Waals surface area (Å²) in [4.78, 5) is 13.1. The Kier molecular flexibility index (Phi) is 5.16. The monoisotopic (exact) mass is 429 g/mol. The quantitative estimate of drug-likeness (QED) is 0.645. The lowest BCUT2D eigenvalue weighted by Gasteiger charge is -2.17. The van der Waals surface area contributed by atoms with Crippen molar-refractivity contribution in [2.24, 2.45) is 0 Å². The van der Waals surface area contributed by atoms with Crippen LogP contribution in [0.25, 0.3) is 16.9 Å². The number of methoxy groups -OCH3 is 2. The van der Waals surface area contributed by atoms with Crippen molar-refractivity contribution in [1.29, 1.82) is 0 Å². The van der Waals surface area contributed by atoms with Crippen LogP contribution in [-0.2, 0) is 12.6 Å².